The summed E-state index contributed by atoms with van der Waals surface area (Å²) in [7, 11) is 0. The average molecular weight is 1000 g/mol. The molecule has 0 aromatic heterocycles. The van der Waals surface area contributed by atoms with Crippen LogP contribution in [0.2, 0.25) is 0 Å². The number of hydrogen-bond donors (Lipinski definition) is 0. The summed E-state index contributed by atoms with van der Waals surface area (Å²) in [5, 5.41) is 7.70. The first kappa shape index (κ1) is 44.9. The molecule has 0 radical (unpaired) electrons. The van der Waals surface area contributed by atoms with Crippen LogP contribution in [0, 0.1) is 0 Å². The Morgan fingerprint density at radius 3 is 1.08 bits per heavy atom. The highest BCUT2D eigenvalue weighted by molar-refractivity contribution is 6.29. The molecule has 0 unspecified atom stereocenters. The normalized spacial score (nSPS) is 11.8. The summed E-state index contributed by atoms with van der Waals surface area (Å²) in [4.78, 5) is 2.38. The minimum atomic E-state index is 1.09. The molecule has 1 heteroatoms. The van der Waals surface area contributed by atoms with E-state index in [2.05, 4.69) is 302 Å². The summed E-state index contributed by atoms with van der Waals surface area (Å²) < 4.78 is 0. The van der Waals surface area contributed by atoms with Crippen LogP contribution in [0.1, 0.15) is 0 Å². The monoisotopic (exact) mass is 999 g/mol. The van der Waals surface area contributed by atoms with Crippen molar-refractivity contribution in [3.8, 4) is 111 Å². The molecule has 0 atom stereocenters. The second kappa shape index (κ2) is 18.2. The van der Waals surface area contributed by atoms with Crippen LogP contribution in [0.4, 0.5) is 17.1 Å². The van der Waals surface area contributed by atoms with Gasteiger partial charge in [0.1, 0.15) is 0 Å². The van der Waals surface area contributed by atoms with Gasteiger partial charge in [-0.1, -0.05) is 255 Å². The van der Waals surface area contributed by atoms with Gasteiger partial charge in [0, 0.05) is 17.1 Å². The van der Waals surface area contributed by atoms with Crippen molar-refractivity contribution in [3.05, 3.63) is 297 Å². The van der Waals surface area contributed by atoms with Crippen LogP contribution in [-0.4, -0.2) is 0 Å². The highest BCUT2D eigenvalue weighted by atomic mass is 15.1. The summed E-state index contributed by atoms with van der Waals surface area (Å²) in [5.41, 5.74) is 28.4. The van der Waals surface area contributed by atoms with E-state index in [-0.39, 0.29) is 0 Å². The van der Waals surface area contributed by atoms with Crippen LogP contribution >= 0.6 is 0 Å². The maximum atomic E-state index is 2.45. The molecule has 0 aliphatic heterocycles. The summed E-state index contributed by atoms with van der Waals surface area (Å²) in [6.45, 7) is 0. The van der Waals surface area contributed by atoms with Gasteiger partial charge in [-0.15, -0.1) is 0 Å². The lowest BCUT2D eigenvalue weighted by Crippen LogP contribution is -2.09. The Hall–Kier alpha value is -10.3. The fourth-order valence-corrected chi connectivity index (χ4v) is 13.4. The van der Waals surface area contributed by atoms with Crippen molar-refractivity contribution < 1.29 is 0 Å². The Balaban J connectivity index is 0.826. The van der Waals surface area contributed by atoms with E-state index < -0.39 is 0 Å². The Kier molecular flexibility index (Phi) is 10.3. The van der Waals surface area contributed by atoms with E-state index >= 15 is 0 Å². The largest absolute Gasteiger partial charge is 0.311 e. The zero-order valence-corrected chi connectivity index (χ0v) is 43.2. The number of hydrogen-bond acceptors (Lipinski definition) is 1. The van der Waals surface area contributed by atoms with Crippen LogP contribution < -0.4 is 4.90 Å². The van der Waals surface area contributed by atoms with Gasteiger partial charge in [0.2, 0.25) is 0 Å². The topological polar surface area (TPSA) is 3.24 Å². The third-order valence-electron chi connectivity index (χ3n) is 16.7. The van der Waals surface area contributed by atoms with Crippen LogP contribution in [0.5, 0.6) is 0 Å². The maximum absolute atomic E-state index is 2.45. The second-order valence-electron chi connectivity index (χ2n) is 21.0. The molecule has 2 aliphatic rings. The Labute approximate surface area is 460 Å². The predicted molar refractivity (Wildman–Crippen MR) is 335 cm³/mol. The Morgan fingerprint density at radius 2 is 0.532 bits per heavy atom. The molecule has 366 valence electrons. The second-order valence-corrected chi connectivity index (χ2v) is 21.0. The van der Waals surface area contributed by atoms with Gasteiger partial charge in [-0.3, -0.25) is 0 Å². The molecule has 2 aliphatic carbocycles. The van der Waals surface area contributed by atoms with Crippen molar-refractivity contribution in [1.29, 1.82) is 0 Å². The highest BCUT2D eigenvalue weighted by Gasteiger charge is 2.33. The molecule has 0 spiro atoms. The van der Waals surface area contributed by atoms with E-state index in [1.807, 2.05) is 0 Å². The number of benzene rings is 14. The Morgan fingerprint density at radius 1 is 0.177 bits per heavy atom. The first-order chi connectivity index (χ1) is 39.2. The minimum Gasteiger partial charge on any atom is -0.311 e. The van der Waals surface area contributed by atoms with Crippen molar-refractivity contribution in [1.82, 2.24) is 0 Å². The molecule has 14 aromatic carbocycles. The van der Waals surface area contributed by atoms with Gasteiger partial charge in [-0.25, -0.2) is 0 Å². The van der Waals surface area contributed by atoms with E-state index in [0.717, 1.165) is 17.1 Å². The number of rotatable bonds is 9. The van der Waals surface area contributed by atoms with Gasteiger partial charge in [0.05, 0.1) is 0 Å². The van der Waals surface area contributed by atoms with Gasteiger partial charge in [0.15, 0.2) is 0 Å². The lowest BCUT2D eigenvalue weighted by atomic mass is 9.82. The van der Waals surface area contributed by atoms with Gasteiger partial charge in [-0.2, -0.15) is 0 Å². The van der Waals surface area contributed by atoms with Crippen LogP contribution in [0.3, 0.4) is 0 Å². The predicted octanol–water partition coefficient (Wildman–Crippen LogP) is 21.9. The van der Waals surface area contributed by atoms with E-state index in [4.69, 9.17) is 0 Å². The molecule has 14 aromatic rings. The Bertz CT molecular complexity index is 4600. The average Bonchev–Trinajstić information content (AvgIpc) is 4.08. The van der Waals surface area contributed by atoms with Crippen molar-refractivity contribution in [2.45, 2.75) is 0 Å². The van der Waals surface area contributed by atoms with E-state index in [9.17, 15) is 0 Å². The third-order valence-corrected chi connectivity index (χ3v) is 16.7. The van der Waals surface area contributed by atoms with E-state index in [0.29, 0.717) is 0 Å². The summed E-state index contributed by atoms with van der Waals surface area (Å²) in [6, 6.07) is 110. The molecule has 0 fully saturated rings. The molecular formula is C78H49N. The minimum absolute atomic E-state index is 1.09. The number of fused-ring (bicyclic) bond motifs is 7. The summed E-state index contributed by atoms with van der Waals surface area (Å²) >= 11 is 0. The molecule has 0 amide bonds. The van der Waals surface area contributed by atoms with Gasteiger partial charge < -0.3 is 4.90 Å². The molecule has 1 nitrogen and oxygen atoms in total. The number of anilines is 3. The van der Waals surface area contributed by atoms with Crippen LogP contribution in [0.25, 0.3) is 144 Å². The van der Waals surface area contributed by atoms with Crippen LogP contribution in [0.15, 0.2) is 297 Å². The zero-order valence-electron chi connectivity index (χ0n) is 43.2. The first-order valence-electron chi connectivity index (χ1n) is 27.4. The molecule has 0 saturated carbocycles. The fraction of sp³-hybridized carbons (Fsp3) is 0. The number of nitrogens with zero attached hydrogens (tertiary/aromatic N) is 1. The zero-order chi connectivity index (χ0) is 52.0. The molecule has 0 N–H and O–H groups in total. The van der Waals surface area contributed by atoms with Gasteiger partial charge in [-0.05, 0) is 186 Å². The van der Waals surface area contributed by atoms with Crippen LogP contribution in [-0.2, 0) is 0 Å². The quantitative estimate of drug-likeness (QED) is 0.139. The molecule has 0 heterocycles. The third kappa shape index (κ3) is 7.03. The molecule has 16 rings (SSSR count). The van der Waals surface area contributed by atoms with Gasteiger partial charge in [0.25, 0.3) is 0 Å². The van der Waals surface area contributed by atoms with Crippen molar-refractivity contribution in [2.75, 3.05) is 4.90 Å². The lowest BCUT2D eigenvalue weighted by Gasteiger charge is -2.26. The van der Waals surface area contributed by atoms with Crippen molar-refractivity contribution >= 4 is 49.4 Å². The van der Waals surface area contributed by atoms with E-state index in [1.165, 1.54) is 144 Å². The summed E-state index contributed by atoms with van der Waals surface area (Å²) in [6.07, 6.45) is 0. The SMILES string of the molecule is c1ccc(-c2cc(-c3ccc(N(c4ccccc4)c4ccc(-c5ccc6c7c(cccc57)-c5c-6c(-c6ccccc6)c6ccccc6c5-c5ccccc5)cc4)cc3)c(-c3ccccc3)c3c2-c2cccc4cccc-3c24)cc1. The van der Waals surface area contributed by atoms with Crippen molar-refractivity contribution in [3.63, 3.8) is 0 Å². The van der Waals surface area contributed by atoms with Crippen molar-refractivity contribution in [2.24, 2.45) is 0 Å². The van der Waals surface area contributed by atoms with E-state index in [1.54, 1.807) is 0 Å². The maximum Gasteiger partial charge on any atom is 0.0462 e. The smallest absolute Gasteiger partial charge is 0.0462 e. The molecule has 79 heavy (non-hydrogen) atoms. The fourth-order valence-electron chi connectivity index (χ4n) is 13.4. The first-order valence-corrected chi connectivity index (χ1v) is 27.4. The highest BCUT2D eigenvalue weighted by Crippen LogP contribution is 2.60. The molecule has 0 bridgehead atoms. The van der Waals surface area contributed by atoms with Gasteiger partial charge >= 0.3 is 0 Å². The number of para-hydroxylation sites is 1. The molecule has 0 saturated heterocycles. The standard InChI is InChI=1S/C78H49N/c1-6-21-50(22-7-1)69-49-68(73(56-27-12-4-13-28-56)76-65-37-19-30-53-29-18-36-64(70(53)65)75(69)76)52-41-45-59(46-42-52)79(57-31-14-5-15-32-57)58-43-39-51(40-44-58)60-47-48-67-74-61(60)35-20-38-66(74)77-71(54-23-8-2-9-24-54)62-33-16-17-34-63(62)72(78(67)77)55-25-10-3-11-26-55/h1-49H. The molecular weight excluding hydrogens is 951 g/mol. The summed E-state index contributed by atoms with van der Waals surface area (Å²) in [5.74, 6) is 0. The lowest BCUT2D eigenvalue weighted by molar-refractivity contribution is 1.28.